The van der Waals surface area contributed by atoms with Gasteiger partial charge in [0.15, 0.2) is 0 Å². The average Bonchev–Trinajstić information content (AvgIpc) is 3.28. The molecule has 186 valence electrons. The van der Waals surface area contributed by atoms with Crippen LogP contribution in [0.4, 0.5) is 0 Å². The number of sulfonamides is 1. The molecule has 3 aromatic carbocycles. The Morgan fingerprint density at radius 2 is 1.75 bits per heavy atom. The second-order valence-electron chi connectivity index (χ2n) is 8.16. The number of hydrogen-bond acceptors (Lipinski definition) is 7. The summed E-state index contributed by atoms with van der Waals surface area (Å²) in [6, 6.07) is 18.8. The summed E-state index contributed by atoms with van der Waals surface area (Å²) < 4.78 is 28.0. The Kier molecular flexibility index (Phi) is 7.90. The summed E-state index contributed by atoms with van der Waals surface area (Å²) in [5, 5.41) is 18.7. The van der Waals surface area contributed by atoms with Crippen LogP contribution in [0.2, 0.25) is 0 Å². The predicted octanol–water partition coefficient (Wildman–Crippen LogP) is 3.68. The zero-order chi connectivity index (χ0) is 25.7. The number of nitrogens with zero attached hydrogens (tertiary/aromatic N) is 1. The van der Waals surface area contributed by atoms with E-state index < -0.39 is 16.0 Å². The van der Waals surface area contributed by atoms with Gasteiger partial charge in [0.1, 0.15) is 10.8 Å². The van der Waals surface area contributed by atoms with Crippen molar-refractivity contribution >= 4 is 43.3 Å². The first-order valence-electron chi connectivity index (χ1n) is 11.2. The highest BCUT2D eigenvalue weighted by molar-refractivity contribution is 7.89. The fourth-order valence-electron chi connectivity index (χ4n) is 3.73. The van der Waals surface area contributed by atoms with Gasteiger partial charge >= 0.3 is 5.97 Å². The monoisotopic (exact) mass is 524 g/mol. The lowest BCUT2D eigenvalue weighted by atomic mass is 10.0. The van der Waals surface area contributed by atoms with Crippen molar-refractivity contribution in [1.82, 2.24) is 9.71 Å². The van der Waals surface area contributed by atoms with Crippen molar-refractivity contribution in [2.75, 3.05) is 13.2 Å². The first kappa shape index (κ1) is 25.6. The molecule has 4 aromatic rings. The fraction of sp³-hybridized carbons (Fsp3) is 0.192. The van der Waals surface area contributed by atoms with Gasteiger partial charge in [-0.2, -0.15) is 0 Å². The number of Topliss-reactive ketones (excluding diaryl/α,β-unsaturated/α-hetero) is 1. The maximum Gasteiger partial charge on any atom is 0.335 e. The van der Waals surface area contributed by atoms with Gasteiger partial charge in [0, 0.05) is 13.0 Å². The Morgan fingerprint density at radius 1 is 0.972 bits per heavy atom. The summed E-state index contributed by atoms with van der Waals surface area (Å²) in [5.74, 6) is -0.980. The number of rotatable bonds is 11. The molecule has 0 aliphatic carbocycles. The van der Waals surface area contributed by atoms with Gasteiger partial charge in [0.25, 0.3) is 0 Å². The van der Waals surface area contributed by atoms with Crippen LogP contribution in [-0.2, 0) is 27.7 Å². The maximum atomic E-state index is 12.5. The minimum absolute atomic E-state index is 0.0169. The van der Waals surface area contributed by atoms with Crippen molar-refractivity contribution in [2.24, 2.45) is 0 Å². The second-order valence-corrected chi connectivity index (χ2v) is 11.0. The Morgan fingerprint density at radius 3 is 2.53 bits per heavy atom. The van der Waals surface area contributed by atoms with Crippen LogP contribution in [0.3, 0.4) is 0 Å². The number of aryl methyl sites for hydroxylation is 1. The number of benzene rings is 3. The number of thiazole rings is 1. The minimum atomic E-state index is -3.72. The number of ketones is 1. The number of carboxylic acid groups (broad SMARTS) is 1. The number of nitrogens with one attached hydrogen (secondary N) is 1. The van der Waals surface area contributed by atoms with Gasteiger partial charge < -0.3 is 10.2 Å². The summed E-state index contributed by atoms with van der Waals surface area (Å²) in [5.41, 5.74) is 3.30. The number of carboxylic acids is 1. The predicted molar refractivity (Wildman–Crippen MR) is 138 cm³/mol. The summed E-state index contributed by atoms with van der Waals surface area (Å²) in [6.45, 7) is -0.348. The highest BCUT2D eigenvalue weighted by Gasteiger charge is 2.15. The van der Waals surface area contributed by atoms with Crippen LogP contribution < -0.4 is 4.72 Å². The molecule has 0 amide bonds. The molecule has 0 spiro atoms. The van der Waals surface area contributed by atoms with Crippen molar-refractivity contribution in [3.63, 3.8) is 0 Å². The third-order valence-corrected chi connectivity index (χ3v) is 8.01. The van der Waals surface area contributed by atoms with Crippen LogP contribution in [0.1, 0.15) is 27.3 Å². The highest BCUT2D eigenvalue weighted by atomic mass is 32.2. The molecule has 4 rings (SSSR count). The van der Waals surface area contributed by atoms with Crippen LogP contribution in [0, 0.1) is 0 Å². The third kappa shape index (κ3) is 6.21. The van der Waals surface area contributed by atoms with Crippen LogP contribution in [0.15, 0.2) is 71.6 Å². The van der Waals surface area contributed by atoms with Crippen LogP contribution in [0.25, 0.3) is 21.3 Å². The lowest BCUT2D eigenvalue weighted by Crippen LogP contribution is -2.26. The largest absolute Gasteiger partial charge is 0.478 e. The number of aliphatic hydroxyl groups excluding tert-OH is 1. The number of carbonyl (C=O) groups excluding carboxylic acids is 1. The summed E-state index contributed by atoms with van der Waals surface area (Å²) in [4.78, 5) is 28.3. The van der Waals surface area contributed by atoms with Gasteiger partial charge in [0.05, 0.1) is 33.7 Å². The molecule has 0 fully saturated rings. The lowest BCUT2D eigenvalue weighted by Gasteiger charge is -2.08. The van der Waals surface area contributed by atoms with Gasteiger partial charge in [-0.15, -0.1) is 11.3 Å². The Labute approximate surface area is 212 Å². The number of carbonyl (C=O) groups is 2. The van der Waals surface area contributed by atoms with E-state index in [1.807, 2.05) is 30.3 Å². The smallest absolute Gasteiger partial charge is 0.335 e. The molecular weight excluding hydrogens is 500 g/mol. The van der Waals surface area contributed by atoms with E-state index in [2.05, 4.69) is 9.71 Å². The molecule has 0 aliphatic rings. The molecule has 0 radical (unpaired) electrons. The fourth-order valence-corrected chi connectivity index (χ4v) is 5.84. The third-order valence-electron chi connectivity index (χ3n) is 5.53. The Bertz CT molecular complexity index is 1530. The molecule has 3 N–H and O–H groups in total. The molecule has 0 saturated carbocycles. The molecule has 0 bridgehead atoms. The summed E-state index contributed by atoms with van der Waals surface area (Å²) in [6.07, 6.45) is 0.939. The summed E-state index contributed by atoms with van der Waals surface area (Å²) >= 11 is 1.42. The lowest BCUT2D eigenvalue weighted by molar-refractivity contribution is -0.118. The maximum absolute atomic E-state index is 12.5. The van der Waals surface area contributed by atoms with Gasteiger partial charge in [-0.05, 0) is 59.5 Å². The van der Waals surface area contributed by atoms with E-state index in [4.69, 9.17) is 10.2 Å². The molecule has 1 heterocycles. The molecule has 0 saturated heterocycles. The number of aliphatic hydroxyl groups is 1. The van der Waals surface area contributed by atoms with Gasteiger partial charge in [-0.1, -0.05) is 30.3 Å². The Balaban J connectivity index is 1.46. The van der Waals surface area contributed by atoms with E-state index in [1.165, 1.54) is 23.5 Å². The quantitative estimate of drug-likeness (QED) is 0.273. The first-order chi connectivity index (χ1) is 17.2. The summed E-state index contributed by atoms with van der Waals surface area (Å²) in [7, 11) is -3.72. The van der Waals surface area contributed by atoms with Crippen LogP contribution in [-0.4, -0.2) is 48.5 Å². The van der Waals surface area contributed by atoms with Crippen molar-refractivity contribution in [1.29, 1.82) is 0 Å². The van der Waals surface area contributed by atoms with E-state index >= 15 is 0 Å². The molecule has 10 heteroatoms. The molecule has 1 aromatic heterocycles. The standard InChI is InChI=1S/C26H24N2O6S2/c29-12-11-27-36(33,34)22-6-2-4-18(14-22)19-8-10-23-24(15-19)35-25(28-23)16-21(30)9-7-17-3-1-5-20(13-17)26(31)32/h1-6,8,10,13-15,27,29H,7,9,11-12,16H2,(H,31,32). The highest BCUT2D eigenvalue weighted by Crippen LogP contribution is 2.30. The second kappa shape index (κ2) is 11.1. The molecule has 36 heavy (non-hydrogen) atoms. The SMILES string of the molecule is O=C(CCc1cccc(C(=O)O)c1)Cc1nc2ccc(-c3cccc(S(=O)(=O)NCCO)c3)cc2s1. The normalized spacial score (nSPS) is 11.6. The van der Waals surface area contributed by atoms with E-state index in [1.54, 1.807) is 24.3 Å². The Hall–Kier alpha value is -3.44. The van der Waals surface area contributed by atoms with E-state index in [0.29, 0.717) is 11.4 Å². The number of fused-ring (bicyclic) bond motifs is 1. The zero-order valence-corrected chi connectivity index (χ0v) is 20.8. The van der Waals surface area contributed by atoms with Crippen molar-refractivity contribution in [2.45, 2.75) is 24.2 Å². The van der Waals surface area contributed by atoms with Crippen molar-refractivity contribution in [3.8, 4) is 11.1 Å². The average molecular weight is 525 g/mol. The van der Waals surface area contributed by atoms with E-state index in [-0.39, 0.29) is 42.2 Å². The number of hydrogen-bond donors (Lipinski definition) is 3. The zero-order valence-electron chi connectivity index (χ0n) is 19.2. The number of aromatic nitrogens is 1. The van der Waals surface area contributed by atoms with Crippen LogP contribution in [0.5, 0.6) is 0 Å². The molecule has 0 aliphatic heterocycles. The van der Waals surface area contributed by atoms with E-state index in [0.717, 1.165) is 26.9 Å². The first-order valence-corrected chi connectivity index (χ1v) is 13.5. The molecule has 0 atom stereocenters. The van der Waals surface area contributed by atoms with Gasteiger partial charge in [-0.25, -0.2) is 22.9 Å². The van der Waals surface area contributed by atoms with Gasteiger partial charge in [-0.3, -0.25) is 4.79 Å². The van der Waals surface area contributed by atoms with Crippen molar-refractivity contribution in [3.05, 3.63) is 82.9 Å². The molecule has 0 unspecified atom stereocenters. The van der Waals surface area contributed by atoms with Crippen molar-refractivity contribution < 1.29 is 28.2 Å². The van der Waals surface area contributed by atoms with Crippen LogP contribution >= 0.6 is 11.3 Å². The number of aromatic carboxylic acids is 1. The topological polar surface area (TPSA) is 134 Å². The van der Waals surface area contributed by atoms with E-state index in [9.17, 15) is 18.0 Å². The minimum Gasteiger partial charge on any atom is -0.478 e. The van der Waals surface area contributed by atoms with Gasteiger partial charge in [0.2, 0.25) is 10.0 Å². The molecule has 8 nitrogen and oxygen atoms in total. The molecular formula is C26H24N2O6S2.